The highest BCUT2D eigenvalue weighted by atomic mass is 35.5. The molecule has 2 amide bonds. The Labute approximate surface area is 211 Å². The number of hydrogen-bond donors (Lipinski definition) is 0. The van der Waals surface area contributed by atoms with Crippen molar-refractivity contribution in [3.8, 4) is 0 Å². The summed E-state index contributed by atoms with van der Waals surface area (Å²) in [4.78, 5) is 42.5. The lowest BCUT2D eigenvalue weighted by Gasteiger charge is -2.36. The minimum absolute atomic E-state index is 0.0702. The van der Waals surface area contributed by atoms with Crippen molar-refractivity contribution in [1.29, 1.82) is 0 Å². The molecule has 9 nitrogen and oxygen atoms in total. The predicted molar refractivity (Wildman–Crippen MR) is 135 cm³/mol. The average molecular weight is 501 g/mol. The fourth-order valence-electron chi connectivity index (χ4n) is 4.47. The molecule has 10 heteroatoms. The van der Waals surface area contributed by atoms with Crippen molar-refractivity contribution in [3.05, 3.63) is 53.6 Å². The number of piperazine rings is 1. The zero-order valence-electron chi connectivity index (χ0n) is 20.0. The highest BCUT2D eigenvalue weighted by Crippen LogP contribution is 2.21. The zero-order chi connectivity index (χ0) is 24.5. The molecule has 188 valence electrons. The van der Waals surface area contributed by atoms with Gasteiger partial charge in [-0.15, -0.1) is 0 Å². The standard InChI is InChI=1S/C25H33ClN6O3/c26-21-3-1-4-22(19-21)30-11-13-31(14-12-30)24(33)5-10-32(25(34)23-20-27-6-7-28-23)9-2-8-29-15-17-35-18-16-29/h1,3-4,6-7,19-20H,2,5,8-18H2. The topological polar surface area (TPSA) is 82.1 Å². The van der Waals surface area contributed by atoms with Crippen LogP contribution in [0, 0.1) is 0 Å². The van der Waals surface area contributed by atoms with E-state index in [-0.39, 0.29) is 11.8 Å². The molecule has 2 aliphatic rings. The lowest BCUT2D eigenvalue weighted by molar-refractivity contribution is -0.131. The van der Waals surface area contributed by atoms with Crippen LogP contribution in [0.5, 0.6) is 0 Å². The molecule has 0 unspecified atom stereocenters. The van der Waals surface area contributed by atoms with Gasteiger partial charge in [0.15, 0.2) is 0 Å². The highest BCUT2D eigenvalue weighted by molar-refractivity contribution is 6.30. The summed E-state index contributed by atoms with van der Waals surface area (Å²) in [5, 5.41) is 0.711. The Bertz CT molecular complexity index is 965. The van der Waals surface area contributed by atoms with E-state index in [1.54, 1.807) is 11.1 Å². The number of carbonyl (C=O) groups is 2. The second kappa shape index (κ2) is 12.8. The van der Waals surface area contributed by atoms with Gasteiger partial charge in [0.2, 0.25) is 5.91 Å². The number of morpholine rings is 1. The molecule has 2 aliphatic heterocycles. The van der Waals surface area contributed by atoms with Crippen molar-refractivity contribution >= 4 is 29.1 Å². The molecule has 0 atom stereocenters. The van der Waals surface area contributed by atoms with Crippen LogP contribution in [-0.2, 0) is 9.53 Å². The molecule has 0 saturated carbocycles. The van der Waals surface area contributed by atoms with E-state index in [1.165, 1.54) is 12.4 Å². The van der Waals surface area contributed by atoms with Gasteiger partial charge in [0.05, 0.1) is 19.4 Å². The molecular weight excluding hydrogens is 468 g/mol. The Morgan fingerprint density at radius 2 is 1.83 bits per heavy atom. The van der Waals surface area contributed by atoms with Gasteiger partial charge in [-0.3, -0.25) is 19.5 Å². The molecule has 1 aromatic carbocycles. The molecule has 0 radical (unpaired) electrons. The van der Waals surface area contributed by atoms with Gasteiger partial charge in [-0.2, -0.15) is 0 Å². The molecule has 2 saturated heterocycles. The summed E-state index contributed by atoms with van der Waals surface area (Å²) in [6.07, 6.45) is 5.67. The Balaban J connectivity index is 1.29. The first-order valence-corrected chi connectivity index (χ1v) is 12.6. The van der Waals surface area contributed by atoms with Gasteiger partial charge in [-0.05, 0) is 24.6 Å². The Kier molecular flexibility index (Phi) is 9.28. The number of anilines is 1. The van der Waals surface area contributed by atoms with Crippen LogP contribution >= 0.6 is 11.6 Å². The monoisotopic (exact) mass is 500 g/mol. The van der Waals surface area contributed by atoms with Crippen LogP contribution in [0.2, 0.25) is 5.02 Å². The molecule has 35 heavy (non-hydrogen) atoms. The maximum Gasteiger partial charge on any atom is 0.274 e. The van der Waals surface area contributed by atoms with Crippen LogP contribution in [0.4, 0.5) is 5.69 Å². The Morgan fingerprint density at radius 3 is 2.54 bits per heavy atom. The first-order valence-electron chi connectivity index (χ1n) is 12.2. The fourth-order valence-corrected chi connectivity index (χ4v) is 4.66. The molecule has 0 aliphatic carbocycles. The third-order valence-corrected chi connectivity index (χ3v) is 6.71. The number of benzene rings is 1. The Morgan fingerprint density at radius 1 is 1.03 bits per heavy atom. The number of carbonyl (C=O) groups excluding carboxylic acids is 2. The lowest BCUT2D eigenvalue weighted by Crippen LogP contribution is -2.49. The molecule has 4 rings (SSSR count). The SMILES string of the molecule is O=C(CCN(CCCN1CCOCC1)C(=O)c1cnccn1)N1CCN(c2cccc(Cl)c2)CC1. The minimum Gasteiger partial charge on any atom is -0.379 e. The second-order valence-corrected chi connectivity index (χ2v) is 9.22. The van der Waals surface area contributed by atoms with Crippen LogP contribution in [0.25, 0.3) is 0 Å². The number of nitrogens with zero attached hydrogens (tertiary/aromatic N) is 6. The molecule has 2 fully saturated rings. The van der Waals surface area contributed by atoms with Gasteiger partial charge in [0.25, 0.3) is 5.91 Å². The van der Waals surface area contributed by atoms with E-state index in [0.29, 0.717) is 43.3 Å². The van der Waals surface area contributed by atoms with E-state index < -0.39 is 0 Å². The van der Waals surface area contributed by atoms with Gasteiger partial charge in [-0.1, -0.05) is 17.7 Å². The summed E-state index contributed by atoms with van der Waals surface area (Å²) in [6.45, 7) is 7.99. The first-order chi connectivity index (χ1) is 17.1. The normalized spacial score (nSPS) is 16.8. The molecule has 2 aromatic rings. The molecule has 0 N–H and O–H groups in total. The van der Waals surface area contributed by atoms with Crippen LogP contribution in [0.3, 0.4) is 0 Å². The predicted octanol–water partition coefficient (Wildman–Crippen LogP) is 2.03. The van der Waals surface area contributed by atoms with Gasteiger partial charge in [-0.25, -0.2) is 4.98 Å². The van der Waals surface area contributed by atoms with E-state index in [1.807, 2.05) is 29.2 Å². The largest absolute Gasteiger partial charge is 0.379 e. The lowest BCUT2D eigenvalue weighted by atomic mass is 10.2. The van der Waals surface area contributed by atoms with Crippen LogP contribution in [0.1, 0.15) is 23.3 Å². The molecule has 0 bridgehead atoms. The maximum absolute atomic E-state index is 13.1. The van der Waals surface area contributed by atoms with E-state index in [9.17, 15) is 9.59 Å². The van der Waals surface area contributed by atoms with Gasteiger partial charge >= 0.3 is 0 Å². The number of hydrogen-bond acceptors (Lipinski definition) is 7. The fraction of sp³-hybridized carbons (Fsp3) is 0.520. The summed E-state index contributed by atoms with van der Waals surface area (Å²) < 4.78 is 5.41. The van der Waals surface area contributed by atoms with Crippen LogP contribution in [-0.4, -0.2) is 109 Å². The third-order valence-electron chi connectivity index (χ3n) is 6.48. The summed E-state index contributed by atoms with van der Waals surface area (Å²) in [5.41, 5.74) is 1.38. The highest BCUT2D eigenvalue weighted by Gasteiger charge is 2.24. The van der Waals surface area contributed by atoms with Gasteiger partial charge in [0.1, 0.15) is 5.69 Å². The molecular formula is C25H33ClN6O3. The van der Waals surface area contributed by atoms with Crippen molar-refractivity contribution in [1.82, 2.24) is 24.7 Å². The van der Waals surface area contributed by atoms with E-state index in [0.717, 1.165) is 58.0 Å². The maximum atomic E-state index is 13.1. The molecule has 0 spiro atoms. The number of halogens is 1. The third kappa shape index (κ3) is 7.37. The van der Waals surface area contributed by atoms with E-state index in [2.05, 4.69) is 19.8 Å². The van der Waals surface area contributed by atoms with Crippen LogP contribution < -0.4 is 4.90 Å². The summed E-state index contributed by atoms with van der Waals surface area (Å²) in [5.74, 6) is -0.112. The average Bonchev–Trinajstić information content (AvgIpc) is 2.91. The molecule has 1 aromatic heterocycles. The van der Waals surface area contributed by atoms with Crippen molar-refractivity contribution < 1.29 is 14.3 Å². The van der Waals surface area contributed by atoms with Crippen molar-refractivity contribution in [2.24, 2.45) is 0 Å². The number of amides is 2. The van der Waals surface area contributed by atoms with E-state index >= 15 is 0 Å². The van der Waals surface area contributed by atoms with Gasteiger partial charge in [0, 0.05) is 88.4 Å². The Hall–Kier alpha value is -2.75. The van der Waals surface area contributed by atoms with Crippen LogP contribution in [0.15, 0.2) is 42.9 Å². The second-order valence-electron chi connectivity index (χ2n) is 8.79. The molecule has 3 heterocycles. The number of ether oxygens (including phenoxy) is 1. The van der Waals surface area contributed by atoms with Crippen molar-refractivity contribution in [2.75, 3.05) is 77.0 Å². The quantitative estimate of drug-likeness (QED) is 0.521. The smallest absolute Gasteiger partial charge is 0.274 e. The summed E-state index contributed by atoms with van der Waals surface area (Å²) in [6, 6.07) is 7.79. The summed E-state index contributed by atoms with van der Waals surface area (Å²) in [7, 11) is 0. The summed E-state index contributed by atoms with van der Waals surface area (Å²) >= 11 is 6.12. The first kappa shape index (κ1) is 25.3. The minimum atomic E-state index is -0.182. The van der Waals surface area contributed by atoms with Crippen molar-refractivity contribution in [3.63, 3.8) is 0 Å². The van der Waals surface area contributed by atoms with E-state index in [4.69, 9.17) is 16.3 Å². The zero-order valence-corrected chi connectivity index (χ0v) is 20.8. The number of rotatable bonds is 9. The van der Waals surface area contributed by atoms with Crippen molar-refractivity contribution in [2.45, 2.75) is 12.8 Å². The van der Waals surface area contributed by atoms with Gasteiger partial charge < -0.3 is 19.4 Å². The number of aromatic nitrogens is 2.